The van der Waals surface area contributed by atoms with Crippen molar-refractivity contribution in [3.8, 4) is 0 Å². The first-order valence-electron chi connectivity index (χ1n) is 4.98. The summed E-state index contributed by atoms with van der Waals surface area (Å²) in [5.74, 6) is -5.60. The zero-order valence-electron chi connectivity index (χ0n) is 9.34. The molecule has 2 atom stereocenters. The van der Waals surface area contributed by atoms with Crippen molar-refractivity contribution >= 4 is 23.8 Å². The summed E-state index contributed by atoms with van der Waals surface area (Å²) in [4.78, 5) is 42.3. The average Bonchev–Trinajstić information content (AvgIpc) is 2.21. The van der Waals surface area contributed by atoms with Gasteiger partial charge in [-0.1, -0.05) is 0 Å². The Balaban J connectivity index is 4.40. The van der Waals surface area contributed by atoms with Gasteiger partial charge >= 0.3 is 0 Å². The molecule has 0 fully saturated rings. The van der Waals surface area contributed by atoms with Crippen LogP contribution < -0.4 is 26.4 Å². The lowest BCUT2D eigenvalue weighted by Crippen LogP contribution is -2.70. The number of quaternary nitrogens is 1. The van der Waals surface area contributed by atoms with E-state index in [4.69, 9.17) is 0 Å². The first-order valence-corrected chi connectivity index (χ1v) is 4.98. The number of aliphatic carboxylic acids is 3. The van der Waals surface area contributed by atoms with Crippen molar-refractivity contribution in [2.45, 2.75) is 31.3 Å². The molecule has 0 bridgehead atoms. The number of hydrogen-bond acceptors (Lipinski definition) is 7. The van der Waals surface area contributed by atoms with Gasteiger partial charge in [0, 0.05) is 18.4 Å². The van der Waals surface area contributed by atoms with Crippen LogP contribution in [0.15, 0.2) is 0 Å². The molecule has 1 amide bonds. The van der Waals surface area contributed by atoms with Gasteiger partial charge < -0.3 is 40.8 Å². The van der Waals surface area contributed by atoms with Gasteiger partial charge in [-0.2, -0.15) is 0 Å². The highest BCUT2D eigenvalue weighted by molar-refractivity contribution is 5.87. The van der Waals surface area contributed by atoms with Crippen molar-refractivity contribution < 1.29 is 40.2 Å². The summed E-state index contributed by atoms with van der Waals surface area (Å²) in [7, 11) is 0. The Morgan fingerprint density at radius 1 is 1.06 bits per heavy atom. The molecule has 0 aliphatic heterocycles. The van der Waals surface area contributed by atoms with Gasteiger partial charge in [-0.25, -0.2) is 0 Å². The number of hydrogen-bond donors (Lipinski definition) is 2. The molecule has 9 nitrogen and oxygen atoms in total. The molecule has 0 radical (unpaired) electrons. The Bertz CT molecular complexity index is 355. The van der Waals surface area contributed by atoms with Crippen LogP contribution in [0, 0.1) is 0 Å². The minimum atomic E-state index is -1.68. The standard InChI is InChI=1S/C9H14N2O7/c10-4(3-7(14)15)8(16)11-5(9(17)18)1-2-6(12)13/h4-5H,1-3,10H2,(H,11,16)(H,12,13)(H,14,15)(H,17,18)/p-2/t4-,5-/m0/s1. The second-order valence-corrected chi connectivity index (χ2v) is 3.56. The quantitative estimate of drug-likeness (QED) is 0.435. The van der Waals surface area contributed by atoms with Crippen molar-refractivity contribution in [1.29, 1.82) is 0 Å². The molecule has 0 aliphatic rings. The summed E-state index contributed by atoms with van der Waals surface area (Å²) in [5.41, 5.74) is 3.21. The Hall–Kier alpha value is -2.16. The molecule has 0 aromatic rings. The van der Waals surface area contributed by atoms with Crippen LogP contribution in [0.1, 0.15) is 19.3 Å². The lowest BCUT2D eigenvalue weighted by Gasteiger charge is -2.21. The average molecular weight is 260 g/mol. The molecule has 0 spiro atoms. The number of carboxylic acid groups (broad SMARTS) is 3. The second-order valence-electron chi connectivity index (χ2n) is 3.56. The van der Waals surface area contributed by atoms with Crippen molar-refractivity contribution in [1.82, 2.24) is 5.32 Å². The van der Waals surface area contributed by atoms with Gasteiger partial charge in [-0.05, 0) is 12.8 Å². The van der Waals surface area contributed by atoms with Crippen molar-refractivity contribution in [3.63, 3.8) is 0 Å². The third kappa shape index (κ3) is 6.43. The SMILES string of the molecule is [NH3+][C@@H](CC(=O)[O-])C(=O)N[C@@H](CCC(=O)[O-])C(=O)[O-]. The molecule has 0 saturated carbocycles. The third-order valence-electron chi connectivity index (χ3n) is 2.02. The summed E-state index contributed by atoms with van der Waals surface area (Å²) in [6.07, 6.45) is -1.68. The van der Waals surface area contributed by atoms with Gasteiger partial charge in [0.15, 0.2) is 6.04 Å². The molecule has 0 aromatic carbocycles. The fraction of sp³-hybridized carbons (Fsp3) is 0.556. The van der Waals surface area contributed by atoms with Crippen molar-refractivity contribution in [2.24, 2.45) is 0 Å². The zero-order chi connectivity index (χ0) is 14.3. The first kappa shape index (κ1) is 15.8. The highest BCUT2D eigenvalue weighted by Gasteiger charge is 2.21. The fourth-order valence-electron chi connectivity index (χ4n) is 1.09. The van der Waals surface area contributed by atoms with E-state index >= 15 is 0 Å². The number of carbonyl (C=O) groups excluding carboxylic acids is 4. The van der Waals surface area contributed by atoms with Crippen LogP contribution in [0.2, 0.25) is 0 Å². The first-order chi connectivity index (χ1) is 8.23. The molecule has 0 aliphatic carbocycles. The predicted molar refractivity (Wildman–Crippen MR) is 47.5 cm³/mol. The minimum Gasteiger partial charge on any atom is -0.550 e. The Morgan fingerprint density at radius 2 is 1.61 bits per heavy atom. The monoisotopic (exact) mass is 260 g/mol. The van der Waals surface area contributed by atoms with Crippen LogP contribution >= 0.6 is 0 Å². The lowest BCUT2D eigenvalue weighted by atomic mass is 10.1. The summed E-state index contributed by atoms with van der Waals surface area (Å²) >= 11 is 0. The number of amides is 1. The van der Waals surface area contributed by atoms with Crippen LogP contribution in [-0.4, -0.2) is 35.9 Å². The molecular formula is C9H12N2O7-2. The van der Waals surface area contributed by atoms with Crippen LogP contribution in [-0.2, 0) is 19.2 Å². The topological polar surface area (TPSA) is 177 Å². The Morgan fingerprint density at radius 3 is 2.00 bits per heavy atom. The van der Waals surface area contributed by atoms with E-state index < -0.39 is 55.2 Å². The molecule has 0 rings (SSSR count). The van der Waals surface area contributed by atoms with Crippen LogP contribution in [0.5, 0.6) is 0 Å². The van der Waals surface area contributed by atoms with Gasteiger partial charge in [0.1, 0.15) is 0 Å². The molecule has 0 aromatic heterocycles. The number of carboxylic acids is 3. The van der Waals surface area contributed by atoms with E-state index in [0.29, 0.717) is 0 Å². The van der Waals surface area contributed by atoms with Gasteiger partial charge in [0.25, 0.3) is 5.91 Å². The van der Waals surface area contributed by atoms with Crippen LogP contribution in [0.25, 0.3) is 0 Å². The fourth-order valence-corrected chi connectivity index (χ4v) is 1.09. The number of rotatable bonds is 8. The molecule has 0 saturated heterocycles. The summed E-state index contributed by atoms with van der Waals surface area (Å²) in [5, 5.41) is 32.9. The highest BCUT2D eigenvalue weighted by Crippen LogP contribution is 1.97. The molecule has 0 heterocycles. The van der Waals surface area contributed by atoms with Crippen molar-refractivity contribution in [3.05, 3.63) is 0 Å². The zero-order valence-corrected chi connectivity index (χ0v) is 9.34. The molecule has 18 heavy (non-hydrogen) atoms. The van der Waals surface area contributed by atoms with E-state index in [9.17, 15) is 34.5 Å². The van der Waals surface area contributed by atoms with Gasteiger partial charge in [-0.3, -0.25) is 4.79 Å². The second kappa shape index (κ2) is 7.22. The molecule has 4 N–H and O–H groups in total. The normalized spacial score (nSPS) is 13.4. The maximum Gasteiger partial charge on any atom is 0.279 e. The van der Waals surface area contributed by atoms with E-state index in [1.807, 2.05) is 5.32 Å². The van der Waals surface area contributed by atoms with Gasteiger partial charge in [0.05, 0.1) is 12.0 Å². The third-order valence-corrected chi connectivity index (χ3v) is 2.02. The van der Waals surface area contributed by atoms with Gasteiger partial charge in [-0.15, -0.1) is 0 Å². The van der Waals surface area contributed by atoms with Crippen molar-refractivity contribution in [2.75, 3.05) is 0 Å². The minimum absolute atomic E-state index is 0.422. The maximum absolute atomic E-state index is 11.3. The summed E-state index contributed by atoms with van der Waals surface area (Å²) in [6.45, 7) is 0. The number of carbonyl (C=O) groups is 4. The highest BCUT2D eigenvalue weighted by atomic mass is 16.4. The van der Waals surface area contributed by atoms with Crippen LogP contribution in [0.3, 0.4) is 0 Å². The molecule has 9 heteroatoms. The van der Waals surface area contributed by atoms with Gasteiger partial charge in [0.2, 0.25) is 0 Å². The van der Waals surface area contributed by atoms with E-state index in [2.05, 4.69) is 5.73 Å². The largest absolute Gasteiger partial charge is 0.550 e. The molecular weight excluding hydrogens is 248 g/mol. The predicted octanol–water partition coefficient (Wildman–Crippen LogP) is -6.50. The molecule has 102 valence electrons. The number of nitrogens with one attached hydrogen (secondary N) is 1. The van der Waals surface area contributed by atoms with E-state index in [1.165, 1.54) is 0 Å². The maximum atomic E-state index is 11.3. The summed E-state index contributed by atoms with van der Waals surface area (Å²) < 4.78 is 0. The van der Waals surface area contributed by atoms with E-state index in [0.717, 1.165) is 0 Å². The molecule has 0 unspecified atom stereocenters. The smallest absolute Gasteiger partial charge is 0.279 e. The lowest BCUT2D eigenvalue weighted by molar-refractivity contribution is -0.408. The van der Waals surface area contributed by atoms with E-state index in [1.54, 1.807) is 0 Å². The van der Waals surface area contributed by atoms with Crippen LogP contribution in [0.4, 0.5) is 0 Å². The van der Waals surface area contributed by atoms with E-state index in [-0.39, 0.29) is 0 Å². The Labute approximate surface area is 102 Å². The Kier molecular flexibility index (Phi) is 6.35. The summed E-state index contributed by atoms with van der Waals surface area (Å²) in [6, 6.07) is -2.78.